The SMILES string of the molecule is Cc1cc(-c2nc(N)c3ccncc3n2)c(F)cc1Oc1ccn2ncnc2c1. The van der Waals surface area contributed by atoms with E-state index in [1.807, 2.05) is 6.92 Å². The van der Waals surface area contributed by atoms with Crippen LogP contribution in [0.4, 0.5) is 10.2 Å². The van der Waals surface area contributed by atoms with Gasteiger partial charge in [0.25, 0.3) is 0 Å². The zero-order valence-corrected chi connectivity index (χ0v) is 15.2. The summed E-state index contributed by atoms with van der Waals surface area (Å²) in [6.45, 7) is 1.82. The maximum Gasteiger partial charge on any atom is 0.165 e. The van der Waals surface area contributed by atoms with E-state index in [9.17, 15) is 4.39 Å². The molecule has 9 heteroatoms. The molecular weight excluding hydrogens is 373 g/mol. The van der Waals surface area contributed by atoms with Crippen LogP contribution in [0.5, 0.6) is 11.5 Å². The second kappa shape index (κ2) is 6.48. The maximum absolute atomic E-state index is 14.9. The second-order valence-corrected chi connectivity index (χ2v) is 6.45. The van der Waals surface area contributed by atoms with Gasteiger partial charge in [0.1, 0.15) is 29.5 Å². The number of fused-ring (bicyclic) bond motifs is 2. The van der Waals surface area contributed by atoms with Gasteiger partial charge in [0.15, 0.2) is 11.5 Å². The molecule has 4 heterocycles. The molecular formula is C20H14FN7O. The summed E-state index contributed by atoms with van der Waals surface area (Å²) in [6, 6.07) is 8.12. The summed E-state index contributed by atoms with van der Waals surface area (Å²) in [5.74, 6) is 0.854. The third-order valence-corrected chi connectivity index (χ3v) is 4.51. The zero-order valence-electron chi connectivity index (χ0n) is 15.2. The van der Waals surface area contributed by atoms with Crippen LogP contribution in [0.15, 0.2) is 55.2 Å². The first-order valence-corrected chi connectivity index (χ1v) is 8.73. The number of nitrogens with two attached hydrogens (primary N) is 1. The van der Waals surface area contributed by atoms with Gasteiger partial charge in [-0.15, -0.1) is 0 Å². The van der Waals surface area contributed by atoms with Gasteiger partial charge in [-0.3, -0.25) is 4.98 Å². The molecule has 0 saturated heterocycles. The third kappa shape index (κ3) is 2.98. The van der Waals surface area contributed by atoms with E-state index in [1.54, 1.807) is 47.4 Å². The maximum atomic E-state index is 14.9. The first kappa shape index (κ1) is 17.0. The van der Waals surface area contributed by atoms with Crippen LogP contribution in [0, 0.1) is 12.7 Å². The van der Waals surface area contributed by atoms with Crippen molar-refractivity contribution >= 4 is 22.4 Å². The number of benzene rings is 1. The first-order chi connectivity index (χ1) is 14.1. The molecule has 8 nitrogen and oxygen atoms in total. The van der Waals surface area contributed by atoms with E-state index in [0.717, 1.165) is 5.56 Å². The predicted molar refractivity (Wildman–Crippen MR) is 105 cm³/mol. The zero-order chi connectivity index (χ0) is 20.0. The van der Waals surface area contributed by atoms with E-state index in [0.29, 0.717) is 28.0 Å². The lowest BCUT2D eigenvalue weighted by Gasteiger charge is -2.12. The van der Waals surface area contributed by atoms with Gasteiger partial charge < -0.3 is 10.5 Å². The van der Waals surface area contributed by atoms with Crippen molar-refractivity contribution in [2.75, 3.05) is 5.73 Å². The third-order valence-electron chi connectivity index (χ3n) is 4.51. The number of halogens is 1. The van der Waals surface area contributed by atoms with Crippen molar-refractivity contribution in [3.8, 4) is 22.9 Å². The van der Waals surface area contributed by atoms with Crippen molar-refractivity contribution in [3.05, 3.63) is 66.6 Å². The summed E-state index contributed by atoms with van der Waals surface area (Å²) in [5.41, 5.74) is 8.15. The van der Waals surface area contributed by atoms with E-state index >= 15 is 0 Å². The lowest BCUT2D eigenvalue weighted by molar-refractivity contribution is 0.472. The summed E-state index contributed by atoms with van der Waals surface area (Å²) in [4.78, 5) is 16.8. The molecule has 5 rings (SSSR count). The van der Waals surface area contributed by atoms with E-state index < -0.39 is 5.82 Å². The average molecular weight is 387 g/mol. The molecule has 0 saturated carbocycles. The van der Waals surface area contributed by atoms with Gasteiger partial charge in [-0.05, 0) is 30.7 Å². The van der Waals surface area contributed by atoms with Crippen LogP contribution in [0.3, 0.4) is 0 Å². The summed E-state index contributed by atoms with van der Waals surface area (Å²) >= 11 is 0. The monoisotopic (exact) mass is 387 g/mol. The smallest absolute Gasteiger partial charge is 0.165 e. The van der Waals surface area contributed by atoms with Crippen LogP contribution < -0.4 is 10.5 Å². The van der Waals surface area contributed by atoms with Crippen LogP contribution in [0.25, 0.3) is 27.9 Å². The highest BCUT2D eigenvalue weighted by Crippen LogP contribution is 2.32. The largest absolute Gasteiger partial charge is 0.457 e. The molecule has 0 radical (unpaired) electrons. The Kier molecular flexibility index (Phi) is 3.80. The van der Waals surface area contributed by atoms with Crippen molar-refractivity contribution in [2.45, 2.75) is 6.92 Å². The van der Waals surface area contributed by atoms with Crippen molar-refractivity contribution in [2.24, 2.45) is 0 Å². The molecule has 0 unspecified atom stereocenters. The van der Waals surface area contributed by atoms with Crippen LogP contribution >= 0.6 is 0 Å². The number of pyridine rings is 2. The highest BCUT2D eigenvalue weighted by atomic mass is 19.1. The Labute approximate surface area is 163 Å². The number of hydrogen-bond donors (Lipinski definition) is 1. The molecule has 142 valence electrons. The number of ether oxygens (including phenoxy) is 1. The molecule has 0 aliphatic rings. The second-order valence-electron chi connectivity index (χ2n) is 6.45. The molecule has 0 aliphatic carbocycles. The molecule has 4 aromatic heterocycles. The van der Waals surface area contributed by atoms with Gasteiger partial charge in [0.2, 0.25) is 0 Å². The van der Waals surface area contributed by atoms with Gasteiger partial charge in [-0.25, -0.2) is 23.9 Å². The van der Waals surface area contributed by atoms with Crippen molar-refractivity contribution in [1.82, 2.24) is 29.5 Å². The Morgan fingerprint density at radius 1 is 1.14 bits per heavy atom. The average Bonchev–Trinajstić information content (AvgIpc) is 3.18. The molecule has 0 spiro atoms. The number of nitrogen functional groups attached to an aromatic ring is 1. The van der Waals surface area contributed by atoms with Crippen molar-refractivity contribution in [3.63, 3.8) is 0 Å². The van der Waals surface area contributed by atoms with Gasteiger partial charge in [0, 0.05) is 29.9 Å². The highest BCUT2D eigenvalue weighted by Gasteiger charge is 2.15. The molecule has 0 aliphatic heterocycles. The number of aromatic nitrogens is 6. The standard InChI is InChI=1S/C20H14FN7O/c1-11-6-14(20-26-16-9-23-4-2-13(16)19(22)27-20)15(21)8-17(11)29-12-3-5-28-18(7-12)24-10-25-28/h2-10H,1H3,(H2,22,26,27). The number of anilines is 1. The Bertz CT molecular complexity index is 1380. The van der Waals surface area contributed by atoms with Gasteiger partial charge in [-0.1, -0.05) is 0 Å². The van der Waals surface area contributed by atoms with E-state index in [1.165, 1.54) is 12.4 Å². The van der Waals surface area contributed by atoms with Crippen molar-refractivity contribution < 1.29 is 9.13 Å². The number of hydrogen-bond acceptors (Lipinski definition) is 7. The lowest BCUT2D eigenvalue weighted by atomic mass is 10.1. The molecule has 2 N–H and O–H groups in total. The normalized spacial score (nSPS) is 11.2. The minimum atomic E-state index is -0.517. The lowest BCUT2D eigenvalue weighted by Crippen LogP contribution is -2.00. The fraction of sp³-hybridized carbons (Fsp3) is 0.0500. The van der Waals surface area contributed by atoms with Gasteiger partial charge in [-0.2, -0.15) is 5.10 Å². The molecule has 29 heavy (non-hydrogen) atoms. The quantitative estimate of drug-likeness (QED) is 0.505. The first-order valence-electron chi connectivity index (χ1n) is 8.73. The Hall–Kier alpha value is -4.14. The minimum absolute atomic E-state index is 0.194. The Morgan fingerprint density at radius 2 is 2.03 bits per heavy atom. The minimum Gasteiger partial charge on any atom is -0.457 e. The van der Waals surface area contributed by atoms with Gasteiger partial charge >= 0.3 is 0 Å². The van der Waals surface area contributed by atoms with E-state index in [-0.39, 0.29) is 17.2 Å². The molecule has 0 atom stereocenters. The highest BCUT2D eigenvalue weighted by molar-refractivity contribution is 5.88. The van der Waals surface area contributed by atoms with Gasteiger partial charge in [0.05, 0.1) is 17.3 Å². The summed E-state index contributed by atoms with van der Waals surface area (Å²) in [6.07, 6.45) is 6.34. The molecule has 0 amide bonds. The topological polar surface area (TPSA) is 104 Å². The summed E-state index contributed by atoms with van der Waals surface area (Å²) < 4.78 is 22.4. The summed E-state index contributed by atoms with van der Waals surface area (Å²) in [7, 11) is 0. The number of rotatable bonds is 3. The molecule has 0 bridgehead atoms. The van der Waals surface area contributed by atoms with E-state index in [2.05, 4.69) is 25.0 Å². The van der Waals surface area contributed by atoms with Crippen LogP contribution in [0.1, 0.15) is 5.56 Å². The fourth-order valence-electron chi connectivity index (χ4n) is 3.06. The molecule has 1 aromatic carbocycles. The van der Waals surface area contributed by atoms with Crippen LogP contribution in [-0.2, 0) is 0 Å². The van der Waals surface area contributed by atoms with Crippen LogP contribution in [-0.4, -0.2) is 29.5 Å². The fourth-order valence-corrected chi connectivity index (χ4v) is 3.06. The Morgan fingerprint density at radius 3 is 2.93 bits per heavy atom. The van der Waals surface area contributed by atoms with Crippen LogP contribution in [0.2, 0.25) is 0 Å². The number of nitrogens with zero attached hydrogens (tertiary/aromatic N) is 6. The Balaban J connectivity index is 1.54. The molecule has 0 fully saturated rings. The number of aryl methyl sites for hydroxylation is 1. The van der Waals surface area contributed by atoms with E-state index in [4.69, 9.17) is 10.5 Å². The van der Waals surface area contributed by atoms with Crippen molar-refractivity contribution in [1.29, 1.82) is 0 Å². The predicted octanol–water partition coefficient (Wildman–Crippen LogP) is 3.56. The summed E-state index contributed by atoms with van der Waals surface area (Å²) in [5, 5.41) is 4.70. The molecule has 5 aromatic rings.